The van der Waals surface area contributed by atoms with Gasteiger partial charge in [0.05, 0.1) is 12.2 Å². The van der Waals surface area contributed by atoms with E-state index in [9.17, 15) is 14.0 Å². The molecule has 0 aliphatic carbocycles. The number of halogens is 1. The van der Waals surface area contributed by atoms with Crippen LogP contribution in [-0.4, -0.2) is 42.1 Å². The van der Waals surface area contributed by atoms with Crippen molar-refractivity contribution in [1.29, 1.82) is 0 Å². The van der Waals surface area contributed by atoms with Crippen LogP contribution in [0.15, 0.2) is 18.2 Å². The van der Waals surface area contributed by atoms with Gasteiger partial charge in [0.1, 0.15) is 6.54 Å². The standard InChI is InChI=1S/C12H14FNO4/c1-3-18-10(16)7-14(2)12(17)8-5-4-6-9(15)11(8)13/h4-6,15H,3,7H2,1-2H3. The van der Waals surface area contributed by atoms with Crippen molar-refractivity contribution in [3.8, 4) is 5.75 Å². The third kappa shape index (κ3) is 3.19. The highest BCUT2D eigenvalue weighted by molar-refractivity contribution is 5.96. The van der Waals surface area contributed by atoms with Crippen LogP contribution in [0.2, 0.25) is 0 Å². The first-order chi connectivity index (χ1) is 8.47. The molecule has 1 aromatic carbocycles. The van der Waals surface area contributed by atoms with Crippen molar-refractivity contribution < 1.29 is 23.8 Å². The van der Waals surface area contributed by atoms with E-state index >= 15 is 0 Å². The first-order valence-electron chi connectivity index (χ1n) is 5.36. The molecule has 0 unspecified atom stereocenters. The number of ether oxygens (including phenoxy) is 1. The predicted molar refractivity (Wildman–Crippen MR) is 61.7 cm³/mol. The summed E-state index contributed by atoms with van der Waals surface area (Å²) in [7, 11) is 1.35. The quantitative estimate of drug-likeness (QED) is 0.820. The lowest BCUT2D eigenvalue weighted by Crippen LogP contribution is -2.33. The second-order valence-electron chi connectivity index (χ2n) is 3.60. The molecule has 0 saturated carbocycles. The van der Waals surface area contributed by atoms with E-state index in [4.69, 9.17) is 5.11 Å². The van der Waals surface area contributed by atoms with Crippen molar-refractivity contribution in [3.05, 3.63) is 29.6 Å². The number of esters is 1. The van der Waals surface area contributed by atoms with Gasteiger partial charge in [0, 0.05) is 7.05 Å². The van der Waals surface area contributed by atoms with Gasteiger partial charge in [-0.15, -0.1) is 0 Å². The molecule has 0 bridgehead atoms. The van der Waals surface area contributed by atoms with Crippen molar-refractivity contribution in [2.75, 3.05) is 20.2 Å². The molecular formula is C12H14FNO4. The maximum atomic E-state index is 13.5. The lowest BCUT2D eigenvalue weighted by Gasteiger charge is -2.16. The minimum atomic E-state index is -1.00. The molecule has 0 radical (unpaired) electrons. The Labute approximate surface area is 104 Å². The van der Waals surface area contributed by atoms with Gasteiger partial charge in [0.25, 0.3) is 5.91 Å². The summed E-state index contributed by atoms with van der Waals surface area (Å²) in [6.07, 6.45) is 0. The fourth-order valence-corrected chi connectivity index (χ4v) is 1.36. The first-order valence-corrected chi connectivity index (χ1v) is 5.36. The number of rotatable bonds is 4. The molecule has 0 aliphatic rings. The topological polar surface area (TPSA) is 66.8 Å². The molecule has 0 spiro atoms. The molecule has 5 nitrogen and oxygen atoms in total. The smallest absolute Gasteiger partial charge is 0.325 e. The second-order valence-corrected chi connectivity index (χ2v) is 3.60. The van der Waals surface area contributed by atoms with E-state index < -0.39 is 23.4 Å². The SMILES string of the molecule is CCOC(=O)CN(C)C(=O)c1cccc(O)c1F. The van der Waals surface area contributed by atoms with Gasteiger partial charge in [-0.2, -0.15) is 0 Å². The zero-order chi connectivity index (χ0) is 13.7. The third-order valence-corrected chi connectivity index (χ3v) is 2.23. The molecule has 1 amide bonds. The Kier molecular flexibility index (Phi) is 4.65. The number of benzene rings is 1. The maximum Gasteiger partial charge on any atom is 0.325 e. The molecule has 98 valence electrons. The van der Waals surface area contributed by atoms with Crippen molar-refractivity contribution in [2.24, 2.45) is 0 Å². The van der Waals surface area contributed by atoms with Crippen LogP contribution in [0.3, 0.4) is 0 Å². The number of amides is 1. The Morgan fingerprint density at radius 3 is 2.72 bits per heavy atom. The minimum Gasteiger partial charge on any atom is -0.505 e. The van der Waals surface area contributed by atoms with Crippen molar-refractivity contribution in [1.82, 2.24) is 4.90 Å². The lowest BCUT2D eigenvalue weighted by atomic mass is 10.1. The maximum absolute atomic E-state index is 13.5. The van der Waals surface area contributed by atoms with E-state index in [2.05, 4.69) is 4.74 Å². The van der Waals surface area contributed by atoms with E-state index in [1.54, 1.807) is 6.92 Å². The number of phenols is 1. The fourth-order valence-electron chi connectivity index (χ4n) is 1.36. The second kappa shape index (κ2) is 6.00. The molecule has 0 heterocycles. The van der Waals surface area contributed by atoms with Crippen LogP contribution in [0, 0.1) is 5.82 Å². The van der Waals surface area contributed by atoms with Gasteiger partial charge in [0.15, 0.2) is 11.6 Å². The molecule has 6 heteroatoms. The van der Waals surface area contributed by atoms with Gasteiger partial charge in [-0.3, -0.25) is 9.59 Å². The Morgan fingerprint density at radius 1 is 1.44 bits per heavy atom. The van der Waals surface area contributed by atoms with Crippen molar-refractivity contribution in [2.45, 2.75) is 6.92 Å². The highest BCUT2D eigenvalue weighted by Crippen LogP contribution is 2.19. The number of carbonyl (C=O) groups is 2. The molecular weight excluding hydrogens is 241 g/mol. The zero-order valence-electron chi connectivity index (χ0n) is 10.1. The summed E-state index contributed by atoms with van der Waals surface area (Å²) < 4.78 is 18.2. The number of carbonyl (C=O) groups excluding carboxylic acids is 2. The fraction of sp³-hybridized carbons (Fsp3) is 0.333. The van der Waals surface area contributed by atoms with Crippen LogP contribution in [-0.2, 0) is 9.53 Å². The van der Waals surface area contributed by atoms with Gasteiger partial charge < -0.3 is 14.7 Å². The number of likely N-dealkylation sites (N-methyl/N-ethyl adjacent to an activating group) is 1. The van der Waals surface area contributed by atoms with Crippen LogP contribution in [0.4, 0.5) is 4.39 Å². The molecule has 0 aromatic heterocycles. The van der Waals surface area contributed by atoms with Crippen LogP contribution in [0.25, 0.3) is 0 Å². The van der Waals surface area contributed by atoms with Gasteiger partial charge in [-0.1, -0.05) is 6.07 Å². The van der Waals surface area contributed by atoms with Gasteiger partial charge in [-0.25, -0.2) is 4.39 Å². The summed E-state index contributed by atoms with van der Waals surface area (Å²) in [6.45, 7) is 1.58. The van der Waals surface area contributed by atoms with E-state index in [1.807, 2.05) is 0 Å². The summed E-state index contributed by atoms with van der Waals surface area (Å²) in [5, 5.41) is 9.16. The Balaban J connectivity index is 2.81. The van der Waals surface area contributed by atoms with E-state index in [-0.39, 0.29) is 18.7 Å². The van der Waals surface area contributed by atoms with Gasteiger partial charge >= 0.3 is 5.97 Å². The highest BCUT2D eigenvalue weighted by atomic mass is 19.1. The number of hydrogen-bond donors (Lipinski definition) is 1. The summed E-state index contributed by atoms with van der Waals surface area (Å²) >= 11 is 0. The number of phenolic OH excluding ortho intramolecular Hbond substituents is 1. The Bertz CT molecular complexity index is 461. The minimum absolute atomic E-state index is 0.210. The number of hydrogen-bond acceptors (Lipinski definition) is 4. The van der Waals surface area contributed by atoms with Crippen molar-refractivity contribution >= 4 is 11.9 Å². The predicted octanol–water partition coefficient (Wildman–Crippen LogP) is 1.17. The number of nitrogens with zero attached hydrogens (tertiary/aromatic N) is 1. The molecule has 18 heavy (non-hydrogen) atoms. The van der Waals surface area contributed by atoms with E-state index in [1.165, 1.54) is 19.2 Å². The summed E-state index contributed by atoms with van der Waals surface area (Å²) in [5.41, 5.74) is -0.290. The first kappa shape index (κ1) is 14.0. The monoisotopic (exact) mass is 255 g/mol. The average Bonchev–Trinajstić information content (AvgIpc) is 2.32. The van der Waals surface area contributed by atoms with E-state index in [0.717, 1.165) is 11.0 Å². The average molecular weight is 255 g/mol. The van der Waals surface area contributed by atoms with Crippen molar-refractivity contribution in [3.63, 3.8) is 0 Å². The van der Waals surface area contributed by atoms with E-state index in [0.29, 0.717) is 0 Å². The molecule has 0 fully saturated rings. The highest BCUT2D eigenvalue weighted by Gasteiger charge is 2.20. The number of aromatic hydroxyl groups is 1. The summed E-state index contributed by atoms with van der Waals surface area (Å²) in [6, 6.07) is 3.72. The Morgan fingerprint density at radius 2 is 2.11 bits per heavy atom. The normalized spacial score (nSPS) is 9.94. The largest absolute Gasteiger partial charge is 0.505 e. The lowest BCUT2D eigenvalue weighted by molar-refractivity contribution is -0.143. The molecule has 1 N–H and O–H groups in total. The molecule has 0 atom stereocenters. The zero-order valence-corrected chi connectivity index (χ0v) is 10.1. The van der Waals surface area contributed by atoms with Crippen LogP contribution in [0.5, 0.6) is 5.75 Å². The summed E-state index contributed by atoms with van der Waals surface area (Å²) in [4.78, 5) is 24.0. The van der Waals surface area contributed by atoms with Crippen LogP contribution < -0.4 is 0 Å². The van der Waals surface area contributed by atoms with Crippen LogP contribution >= 0.6 is 0 Å². The third-order valence-electron chi connectivity index (χ3n) is 2.23. The molecule has 0 saturated heterocycles. The molecule has 1 rings (SSSR count). The summed E-state index contributed by atoms with van der Waals surface area (Å²) in [5.74, 6) is -2.88. The Hall–Kier alpha value is -2.11. The molecule has 0 aliphatic heterocycles. The van der Waals surface area contributed by atoms with Gasteiger partial charge in [0.2, 0.25) is 0 Å². The molecule has 1 aromatic rings. The van der Waals surface area contributed by atoms with Crippen LogP contribution in [0.1, 0.15) is 17.3 Å². The van der Waals surface area contributed by atoms with Gasteiger partial charge in [-0.05, 0) is 19.1 Å².